The molecule has 1 saturated heterocycles. The maximum atomic E-state index is 12.1. The molecule has 1 aromatic carbocycles. The van der Waals surface area contributed by atoms with Gasteiger partial charge in [0.05, 0.1) is 6.04 Å². The van der Waals surface area contributed by atoms with Crippen LogP contribution in [0.3, 0.4) is 0 Å². The number of hydrogen-bond acceptors (Lipinski definition) is 3. The van der Waals surface area contributed by atoms with Crippen molar-refractivity contribution in [2.45, 2.75) is 25.4 Å². The standard InChI is InChI=1S/C14H21N3O.ClH/c1-16(2)14(18)13-7-4-8-17(13)10-11-5-3-6-12(15)9-11;/h3,5-6,9,13H,4,7-8,10,15H2,1-2H3;1H. The van der Waals surface area contributed by atoms with Crippen LogP contribution in [0.4, 0.5) is 5.69 Å². The Kier molecular flexibility index (Phi) is 5.63. The van der Waals surface area contributed by atoms with Crippen LogP contribution in [0.25, 0.3) is 0 Å². The molecule has 1 unspecified atom stereocenters. The zero-order valence-electron chi connectivity index (χ0n) is 11.5. The van der Waals surface area contributed by atoms with Crippen LogP contribution in [0.2, 0.25) is 0 Å². The van der Waals surface area contributed by atoms with Crippen molar-refractivity contribution < 1.29 is 4.79 Å². The molecule has 2 N–H and O–H groups in total. The number of anilines is 1. The van der Waals surface area contributed by atoms with Crippen LogP contribution in [0, 0.1) is 0 Å². The van der Waals surface area contributed by atoms with Crippen LogP contribution in [-0.2, 0) is 11.3 Å². The van der Waals surface area contributed by atoms with Gasteiger partial charge in [-0.05, 0) is 37.1 Å². The summed E-state index contributed by atoms with van der Waals surface area (Å²) in [6, 6.07) is 7.92. The number of carbonyl (C=O) groups is 1. The van der Waals surface area contributed by atoms with Crippen LogP contribution >= 0.6 is 12.4 Å². The number of halogens is 1. The van der Waals surface area contributed by atoms with Gasteiger partial charge in [-0.1, -0.05) is 12.1 Å². The summed E-state index contributed by atoms with van der Waals surface area (Å²) in [6.07, 6.45) is 2.05. The van der Waals surface area contributed by atoms with E-state index in [1.165, 1.54) is 5.56 Å². The van der Waals surface area contributed by atoms with E-state index < -0.39 is 0 Å². The molecule has 1 fully saturated rings. The molecule has 19 heavy (non-hydrogen) atoms. The van der Waals surface area contributed by atoms with Gasteiger partial charge in [0.25, 0.3) is 0 Å². The Morgan fingerprint density at radius 2 is 2.21 bits per heavy atom. The fourth-order valence-electron chi connectivity index (χ4n) is 2.52. The van der Waals surface area contributed by atoms with E-state index in [9.17, 15) is 4.79 Å². The highest BCUT2D eigenvalue weighted by Gasteiger charge is 2.31. The first-order chi connectivity index (χ1) is 8.58. The number of amides is 1. The topological polar surface area (TPSA) is 49.6 Å². The van der Waals surface area contributed by atoms with E-state index in [1.54, 1.807) is 4.90 Å². The third-order valence-electron chi connectivity index (χ3n) is 3.43. The quantitative estimate of drug-likeness (QED) is 0.860. The second kappa shape index (κ2) is 6.78. The van der Waals surface area contributed by atoms with Gasteiger partial charge in [0, 0.05) is 26.3 Å². The number of hydrogen-bond donors (Lipinski definition) is 1. The van der Waals surface area contributed by atoms with E-state index >= 15 is 0 Å². The molecule has 0 bridgehead atoms. The summed E-state index contributed by atoms with van der Waals surface area (Å²) < 4.78 is 0. The van der Waals surface area contributed by atoms with E-state index in [0.717, 1.165) is 31.6 Å². The largest absolute Gasteiger partial charge is 0.399 e. The monoisotopic (exact) mass is 283 g/mol. The Balaban J connectivity index is 0.00000180. The van der Waals surface area contributed by atoms with Crippen molar-refractivity contribution in [2.24, 2.45) is 0 Å². The molecule has 1 amide bonds. The number of carbonyl (C=O) groups excluding carboxylic acids is 1. The van der Waals surface area contributed by atoms with Gasteiger partial charge in [-0.3, -0.25) is 9.69 Å². The minimum atomic E-state index is 0. The molecule has 0 aromatic heterocycles. The summed E-state index contributed by atoms with van der Waals surface area (Å²) in [5.41, 5.74) is 7.74. The Bertz CT molecular complexity index is 436. The highest BCUT2D eigenvalue weighted by atomic mass is 35.5. The van der Waals surface area contributed by atoms with Crippen molar-refractivity contribution in [1.29, 1.82) is 0 Å². The van der Waals surface area contributed by atoms with Crippen molar-refractivity contribution >= 4 is 24.0 Å². The molecule has 5 heteroatoms. The Morgan fingerprint density at radius 1 is 1.47 bits per heavy atom. The summed E-state index contributed by atoms with van der Waals surface area (Å²) in [4.78, 5) is 16.0. The van der Waals surface area contributed by atoms with Crippen molar-refractivity contribution in [3.8, 4) is 0 Å². The Labute approximate surface area is 121 Å². The molecule has 0 saturated carbocycles. The fraction of sp³-hybridized carbons (Fsp3) is 0.500. The lowest BCUT2D eigenvalue weighted by Gasteiger charge is -2.26. The summed E-state index contributed by atoms with van der Waals surface area (Å²) in [6.45, 7) is 1.79. The molecule has 4 nitrogen and oxygen atoms in total. The van der Waals surface area contributed by atoms with Gasteiger partial charge in [0.1, 0.15) is 0 Å². The number of rotatable bonds is 3. The number of likely N-dealkylation sites (N-methyl/N-ethyl adjacent to an activating group) is 1. The first-order valence-electron chi connectivity index (χ1n) is 6.37. The van der Waals surface area contributed by atoms with Crippen molar-refractivity contribution in [2.75, 3.05) is 26.4 Å². The molecule has 0 aliphatic carbocycles. The van der Waals surface area contributed by atoms with Crippen LogP contribution in [0.5, 0.6) is 0 Å². The summed E-state index contributed by atoms with van der Waals surface area (Å²) in [5.74, 6) is 0.205. The van der Waals surface area contributed by atoms with Crippen molar-refractivity contribution in [3.63, 3.8) is 0 Å². The fourth-order valence-corrected chi connectivity index (χ4v) is 2.52. The molecule has 1 aliphatic heterocycles. The summed E-state index contributed by atoms with van der Waals surface area (Å²) in [7, 11) is 3.64. The van der Waals surface area contributed by atoms with Gasteiger partial charge in [-0.2, -0.15) is 0 Å². The van der Waals surface area contributed by atoms with Gasteiger partial charge >= 0.3 is 0 Å². The van der Waals surface area contributed by atoms with Crippen LogP contribution in [-0.4, -0.2) is 42.4 Å². The average Bonchev–Trinajstić information content (AvgIpc) is 2.76. The van der Waals surface area contributed by atoms with Crippen LogP contribution in [0.1, 0.15) is 18.4 Å². The molecular formula is C14H22ClN3O. The Morgan fingerprint density at radius 3 is 2.84 bits per heavy atom. The lowest BCUT2D eigenvalue weighted by Crippen LogP contribution is -2.42. The lowest BCUT2D eigenvalue weighted by atomic mass is 10.1. The highest BCUT2D eigenvalue weighted by molar-refractivity contribution is 5.85. The number of nitrogens with zero attached hydrogens (tertiary/aromatic N) is 2. The zero-order valence-corrected chi connectivity index (χ0v) is 12.3. The van der Waals surface area contributed by atoms with Crippen LogP contribution < -0.4 is 5.73 Å². The maximum Gasteiger partial charge on any atom is 0.239 e. The van der Waals surface area contributed by atoms with E-state index in [2.05, 4.69) is 11.0 Å². The second-order valence-electron chi connectivity index (χ2n) is 5.11. The predicted molar refractivity (Wildman–Crippen MR) is 80.2 cm³/mol. The van der Waals surface area contributed by atoms with Crippen molar-refractivity contribution in [1.82, 2.24) is 9.80 Å². The lowest BCUT2D eigenvalue weighted by molar-refractivity contribution is -0.133. The molecule has 1 aliphatic rings. The van der Waals surface area contributed by atoms with Gasteiger partial charge < -0.3 is 10.6 Å². The van der Waals surface area contributed by atoms with Gasteiger partial charge in [0.2, 0.25) is 5.91 Å². The molecule has 0 spiro atoms. The van der Waals surface area contributed by atoms with Gasteiger partial charge in [-0.25, -0.2) is 0 Å². The average molecular weight is 284 g/mol. The first kappa shape index (κ1) is 15.8. The highest BCUT2D eigenvalue weighted by Crippen LogP contribution is 2.21. The van der Waals surface area contributed by atoms with E-state index in [1.807, 2.05) is 32.3 Å². The number of benzene rings is 1. The molecule has 1 aromatic rings. The summed E-state index contributed by atoms with van der Waals surface area (Å²) >= 11 is 0. The summed E-state index contributed by atoms with van der Waals surface area (Å²) in [5, 5.41) is 0. The first-order valence-corrected chi connectivity index (χ1v) is 6.37. The van der Waals surface area contributed by atoms with Crippen LogP contribution in [0.15, 0.2) is 24.3 Å². The molecule has 1 heterocycles. The predicted octanol–water partition coefficient (Wildman–Crippen LogP) is 1.74. The Hall–Kier alpha value is -1.26. The molecule has 1 atom stereocenters. The molecule has 0 radical (unpaired) electrons. The van der Waals surface area contributed by atoms with E-state index in [4.69, 9.17) is 5.73 Å². The minimum Gasteiger partial charge on any atom is -0.399 e. The number of nitrogens with two attached hydrogens (primary N) is 1. The van der Waals surface area contributed by atoms with E-state index in [-0.39, 0.29) is 24.4 Å². The molecular weight excluding hydrogens is 262 g/mol. The van der Waals surface area contributed by atoms with Gasteiger partial charge in [0.15, 0.2) is 0 Å². The maximum absolute atomic E-state index is 12.1. The zero-order chi connectivity index (χ0) is 13.1. The minimum absolute atomic E-state index is 0. The van der Waals surface area contributed by atoms with Gasteiger partial charge in [-0.15, -0.1) is 12.4 Å². The number of nitrogen functional groups attached to an aromatic ring is 1. The third kappa shape index (κ3) is 3.85. The molecule has 2 rings (SSSR count). The normalized spacial score (nSPS) is 18.9. The van der Waals surface area contributed by atoms with E-state index in [0.29, 0.717) is 0 Å². The number of likely N-dealkylation sites (tertiary alicyclic amines) is 1. The van der Waals surface area contributed by atoms with Crippen molar-refractivity contribution in [3.05, 3.63) is 29.8 Å². The second-order valence-corrected chi connectivity index (χ2v) is 5.11. The molecule has 106 valence electrons. The smallest absolute Gasteiger partial charge is 0.239 e. The SMILES string of the molecule is CN(C)C(=O)C1CCCN1Cc1cccc(N)c1.Cl. The third-order valence-corrected chi connectivity index (χ3v) is 3.43.